The third-order valence-corrected chi connectivity index (χ3v) is 6.28. The predicted molar refractivity (Wildman–Crippen MR) is 123 cm³/mol. The van der Waals surface area contributed by atoms with Crippen LogP contribution in [0.3, 0.4) is 0 Å². The van der Waals surface area contributed by atoms with E-state index >= 15 is 0 Å². The molecule has 2 aliphatic heterocycles. The number of carbonyl (C=O) groups excluding carboxylic acids is 3. The van der Waals surface area contributed by atoms with Crippen LogP contribution in [0.4, 0.5) is 11.4 Å². The van der Waals surface area contributed by atoms with E-state index < -0.39 is 23.9 Å². The van der Waals surface area contributed by atoms with Crippen LogP contribution in [0.1, 0.15) is 32.3 Å². The Morgan fingerprint density at radius 3 is 1.81 bits per heavy atom. The number of fused-ring (bicyclic) bond motifs is 1. The van der Waals surface area contributed by atoms with Gasteiger partial charge < -0.3 is 9.80 Å². The minimum Gasteiger partial charge on any atom is -0.378 e. The number of imide groups is 1. The van der Waals surface area contributed by atoms with Gasteiger partial charge in [-0.15, -0.1) is 0 Å². The van der Waals surface area contributed by atoms with E-state index in [1.54, 1.807) is 53.4 Å². The predicted octanol–water partition coefficient (Wildman–Crippen LogP) is 4.16. The molecule has 0 aromatic heterocycles. The van der Waals surface area contributed by atoms with E-state index in [9.17, 15) is 14.4 Å². The van der Waals surface area contributed by atoms with Crippen LogP contribution in [0, 0.1) is 0 Å². The first-order chi connectivity index (χ1) is 15.4. The summed E-state index contributed by atoms with van der Waals surface area (Å²) in [5.41, 5.74) is 3.17. The van der Waals surface area contributed by atoms with Gasteiger partial charge in [-0.05, 0) is 54.1 Å². The van der Waals surface area contributed by atoms with Gasteiger partial charge in [-0.25, -0.2) is 0 Å². The number of β-lactam (4-membered cyclic amide) rings is 1. The summed E-state index contributed by atoms with van der Waals surface area (Å²) in [4.78, 5) is 44.3. The molecule has 5 rings (SSSR count). The molecule has 6 nitrogen and oxygen atoms in total. The number of anilines is 2. The number of halogens is 1. The van der Waals surface area contributed by atoms with Crippen molar-refractivity contribution >= 4 is 40.7 Å². The topological polar surface area (TPSA) is 60.9 Å². The largest absolute Gasteiger partial charge is 0.378 e. The minimum atomic E-state index is -0.914. The standard InChI is InChI=1S/C25H20ClN3O3/c1-27(2)17-11-7-15(8-12-17)21-22(25(32)28(21)18-13-9-16(26)10-14-18)29-23(30)19-5-3-4-6-20(19)24(29)31/h3-14,21-22H,1-2H3/t21-,22-/m0/s1. The van der Waals surface area contributed by atoms with Crippen LogP contribution >= 0.6 is 11.6 Å². The van der Waals surface area contributed by atoms with Crippen LogP contribution in [-0.2, 0) is 4.79 Å². The van der Waals surface area contributed by atoms with Crippen LogP contribution in [-0.4, -0.2) is 42.8 Å². The molecule has 3 aromatic carbocycles. The molecule has 2 heterocycles. The molecule has 0 aliphatic carbocycles. The number of benzene rings is 3. The first kappa shape index (κ1) is 20.3. The number of hydrogen-bond acceptors (Lipinski definition) is 4. The van der Waals surface area contributed by atoms with E-state index in [1.165, 1.54) is 0 Å². The van der Waals surface area contributed by atoms with Gasteiger partial charge in [-0.2, -0.15) is 0 Å². The van der Waals surface area contributed by atoms with Crippen molar-refractivity contribution in [3.8, 4) is 0 Å². The zero-order valence-corrected chi connectivity index (χ0v) is 18.3. The van der Waals surface area contributed by atoms with E-state index in [0.717, 1.165) is 16.2 Å². The Bertz CT molecular complexity index is 1200. The highest BCUT2D eigenvalue weighted by molar-refractivity contribution is 6.30. The molecule has 2 atom stereocenters. The van der Waals surface area contributed by atoms with Gasteiger partial charge in [-0.1, -0.05) is 35.9 Å². The van der Waals surface area contributed by atoms with Crippen molar-refractivity contribution in [2.45, 2.75) is 12.1 Å². The van der Waals surface area contributed by atoms with Gasteiger partial charge in [-0.3, -0.25) is 19.3 Å². The lowest BCUT2D eigenvalue weighted by Crippen LogP contribution is -2.67. The Kier molecular flexibility index (Phi) is 4.75. The second kappa shape index (κ2) is 7.50. The molecule has 0 radical (unpaired) electrons. The van der Waals surface area contributed by atoms with Crippen molar-refractivity contribution in [1.29, 1.82) is 0 Å². The fraction of sp³-hybridized carbons (Fsp3) is 0.160. The van der Waals surface area contributed by atoms with Crippen molar-refractivity contribution in [3.05, 3.63) is 94.5 Å². The molecule has 0 saturated carbocycles. The Balaban J connectivity index is 1.57. The number of carbonyl (C=O) groups is 3. The molecule has 32 heavy (non-hydrogen) atoms. The van der Waals surface area contributed by atoms with Gasteiger partial charge in [0.2, 0.25) is 0 Å². The van der Waals surface area contributed by atoms with Crippen LogP contribution in [0.15, 0.2) is 72.8 Å². The Morgan fingerprint density at radius 2 is 1.28 bits per heavy atom. The SMILES string of the molecule is CN(C)c1ccc([C@H]2[C@H](N3C(=O)c4ccccc4C3=O)C(=O)N2c2ccc(Cl)cc2)cc1. The van der Waals surface area contributed by atoms with E-state index in [4.69, 9.17) is 11.6 Å². The molecule has 0 spiro atoms. The molecule has 0 bridgehead atoms. The molecule has 7 heteroatoms. The molecular formula is C25H20ClN3O3. The zero-order chi connectivity index (χ0) is 22.6. The lowest BCUT2D eigenvalue weighted by molar-refractivity contribution is -0.130. The Hall–Kier alpha value is -3.64. The van der Waals surface area contributed by atoms with Crippen molar-refractivity contribution in [1.82, 2.24) is 4.90 Å². The monoisotopic (exact) mass is 445 g/mol. The van der Waals surface area contributed by atoms with Crippen molar-refractivity contribution in [3.63, 3.8) is 0 Å². The molecule has 160 valence electrons. The van der Waals surface area contributed by atoms with Crippen molar-refractivity contribution in [2.24, 2.45) is 0 Å². The molecule has 0 N–H and O–H groups in total. The van der Waals surface area contributed by atoms with Crippen LogP contribution in [0.25, 0.3) is 0 Å². The maximum atomic E-state index is 13.4. The summed E-state index contributed by atoms with van der Waals surface area (Å²) in [6.07, 6.45) is 0. The summed E-state index contributed by atoms with van der Waals surface area (Å²) in [6.45, 7) is 0. The summed E-state index contributed by atoms with van der Waals surface area (Å²) in [5, 5.41) is 0.561. The molecule has 1 fully saturated rings. The van der Waals surface area contributed by atoms with Gasteiger partial charge in [0.05, 0.1) is 17.2 Å². The molecular weight excluding hydrogens is 426 g/mol. The summed E-state index contributed by atoms with van der Waals surface area (Å²) in [5.74, 6) is -1.17. The van der Waals surface area contributed by atoms with Crippen LogP contribution in [0.5, 0.6) is 0 Å². The average Bonchev–Trinajstić information content (AvgIpc) is 3.04. The third-order valence-electron chi connectivity index (χ3n) is 6.03. The lowest BCUT2D eigenvalue weighted by atomic mass is 9.86. The highest BCUT2D eigenvalue weighted by Gasteiger charge is 2.57. The molecule has 3 aromatic rings. The molecule has 3 amide bonds. The van der Waals surface area contributed by atoms with E-state index in [1.807, 2.05) is 43.3 Å². The summed E-state index contributed by atoms with van der Waals surface area (Å²) < 4.78 is 0. The number of nitrogens with zero attached hydrogens (tertiary/aromatic N) is 3. The quantitative estimate of drug-likeness (QED) is 0.447. The number of hydrogen-bond donors (Lipinski definition) is 0. The summed E-state index contributed by atoms with van der Waals surface area (Å²) >= 11 is 6.03. The second-order valence-corrected chi connectivity index (χ2v) is 8.52. The minimum absolute atomic E-state index is 0.302. The number of amides is 3. The second-order valence-electron chi connectivity index (χ2n) is 8.09. The Morgan fingerprint density at radius 1 is 0.719 bits per heavy atom. The van der Waals surface area contributed by atoms with Crippen LogP contribution < -0.4 is 9.80 Å². The smallest absolute Gasteiger partial charge is 0.262 e. The average molecular weight is 446 g/mol. The fourth-order valence-corrected chi connectivity index (χ4v) is 4.50. The normalized spacial score (nSPS) is 19.8. The van der Waals surface area contributed by atoms with Crippen LogP contribution in [0.2, 0.25) is 5.02 Å². The van der Waals surface area contributed by atoms with Gasteiger partial charge in [0, 0.05) is 30.5 Å². The molecule has 1 saturated heterocycles. The summed E-state index contributed by atoms with van der Waals surface area (Å²) in [7, 11) is 3.90. The Labute approximate surface area is 190 Å². The van der Waals surface area contributed by atoms with Gasteiger partial charge in [0.1, 0.15) is 6.04 Å². The molecule has 0 unspecified atom stereocenters. The van der Waals surface area contributed by atoms with E-state index in [0.29, 0.717) is 21.8 Å². The first-order valence-corrected chi connectivity index (χ1v) is 10.6. The summed E-state index contributed by atoms with van der Waals surface area (Å²) in [6, 6.07) is 20.0. The maximum absolute atomic E-state index is 13.4. The highest BCUT2D eigenvalue weighted by Crippen LogP contribution is 2.44. The van der Waals surface area contributed by atoms with Crippen molar-refractivity contribution < 1.29 is 14.4 Å². The van der Waals surface area contributed by atoms with Gasteiger partial charge in [0.15, 0.2) is 0 Å². The number of rotatable bonds is 4. The maximum Gasteiger partial charge on any atom is 0.262 e. The first-order valence-electron chi connectivity index (χ1n) is 10.2. The molecule has 2 aliphatic rings. The highest BCUT2D eigenvalue weighted by atomic mass is 35.5. The third kappa shape index (κ3) is 2.99. The zero-order valence-electron chi connectivity index (χ0n) is 17.5. The van der Waals surface area contributed by atoms with E-state index in [-0.39, 0.29) is 5.91 Å². The fourth-order valence-electron chi connectivity index (χ4n) is 4.38. The van der Waals surface area contributed by atoms with Gasteiger partial charge >= 0.3 is 0 Å². The lowest BCUT2D eigenvalue weighted by Gasteiger charge is -2.49. The van der Waals surface area contributed by atoms with E-state index in [2.05, 4.69) is 0 Å². The van der Waals surface area contributed by atoms with Crippen molar-refractivity contribution in [2.75, 3.05) is 23.9 Å². The van der Waals surface area contributed by atoms with Gasteiger partial charge in [0.25, 0.3) is 17.7 Å².